The molecule has 1 N–H and O–H groups in total. The Morgan fingerprint density at radius 2 is 1.92 bits per heavy atom. The van der Waals surface area contributed by atoms with Crippen molar-refractivity contribution in [3.8, 4) is 0 Å². The van der Waals surface area contributed by atoms with E-state index in [0.29, 0.717) is 9.79 Å². The first-order valence-corrected chi connectivity index (χ1v) is 4.20. The number of rotatable bonds is 0. The van der Waals surface area contributed by atoms with Gasteiger partial charge in [-0.1, -0.05) is 48.1 Å². The first-order valence-electron chi connectivity index (χ1n) is 3.42. The second-order valence-corrected chi connectivity index (χ2v) is 3.16. The Kier molecular flexibility index (Phi) is 1.83. The Bertz CT molecular complexity index is 478. The Labute approximate surface area is 79.2 Å². The lowest BCUT2D eigenvalue weighted by atomic mass is 10.2. The van der Waals surface area contributed by atoms with E-state index in [2.05, 4.69) is 10.2 Å². The van der Waals surface area contributed by atoms with E-state index in [4.69, 9.17) is 23.8 Å². The molecule has 1 aromatic carbocycles. The summed E-state index contributed by atoms with van der Waals surface area (Å²) in [6, 6.07) is 7.64. The van der Waals surface area contributed by atoms with E-state index in [1.54, 1.807) is 0 Å². The summed E-state index contributed by atoms with van der Waals surface area (Å²) < 4.78 is 0.620. The summed E-state index contributed by atoms with van der Waals surface area (Å²) in [7, 11) is 0. The van der Waals surface area contributed by atoms with Gasteiger partial charge in [0.1, 0.15) is 4.64 Å². The van der Waals surface area contributed by atoms with Crippen LogP contribution in [0.4, 0.5) is 0 Å². The summed E-state index contributed by atoms with van der Waals surface area (Å²) in [5.74, 6) is 0. The number of nitrogens with one attached hydrogen (secondary N) is 1. The molecule has 0 atom stereocenters. The zero-order valence-corrected chi connectivity index (χ0v) is 7.62. The summed E-state index contributed by atoms with van der Waals surface area (Å²) >= 11 is 10.9. The van der Waals surface area contributed by atoms with Crippen LogP contribution in [0.25, 0.3) is 10.8 Å². The lowest BCUT2D eigenvalue weighted by Crippen LogP contribution is -1.85. The molecule has 0 aliphatic heterocycles. The number of hydrogen-bond acceptors (Lipinski definition) is 2. The van der Waals surface area contributed by atoms with Crippen LogP contribution < -0.4 is 0 Å². The Hall–Kier alpha value is -0.930. The molecular formula is C8H5ClN2S. The quantitative estimate of drug-likeness (QED) is 0.657. The van der Waals surface area contributed by atoms with Gasteiger partial charge in [0.15, 0.2) is 5.15 Å². The lowest BCUT2D eigenvalue weighted by molar-refractivity contribution is 1.04. The van der Waals surface area contributed by atoms with Gasteiger partial charge in [-0.05, 0) is 0 Å². The standard InChI is InChI=1S/C8H5ClN2S/c9-7-5-3-1-2-4-6(5)8(12)11-10-7/h1-4H,(H,11,12). The minimum atomic E-state index is 0.458. The molecule has 4 heteroatoms. The number of halogens is 1. The number of aromatic nitrogens is 2. The van der Waals surface area contributed by atoms with E-state index in [1.807, 2.05) is 24.3 Å². The molecule has 0 bridgehead atoms. The molecule has 0 radical (unpaired) electrons. The van der Waals surface area contributed by atoms with Gasteiger partial charge in [0.05, 0.1) is 0 Å². The fourth-order valence-electron chi connectivity index (χ4n) is 1.08. The van der Waals surface area contributed by atoms with Gasteiger partial charge in [0.25, 0.3) is 0 Å². The Morgan fingerprint density at radius 3 is 2.58 bits per heavy atom. The second kappa shape index (κ2) is 2.84. The molecule has 0 spiro atoms. The number of aromatic amines is 1. The molecule has 0 saturated carbocycles. The summed E-state index contributed by atoms with van der Waals surface area (Å²) in [5.41, 5.74) is 0. The third-order valence-corrected chi connectivity index (χ3v) is 2.25. The smallest absolute Gasteiger partial charge is 0.157 e. The van der Waals surface area contributed by atoms with Crippen LogP contribution in [0.5, 0.6) is 0 Å². The van der Waals surface area contributed by atoms with Gasteiger partial charge in [-0.2, -0.15) is 5.10 Å². The van der Waals surface area contributed by atoms with E-state index >= 15 is 0 Å². The molecule has 1 heterocycles. The minimum absolute atomic E-state index is 0.458. The van der Waals surface area contributed by atoms with E-state index in [-0.39, 0.29) is 0 Å². The summed E-state index contributed by atoms with van der Waals surface area (Å²) in [4.78, 5) is 0. The predicted octanol–water partition coefficient (Wildman–Crippen LogP) is 2.95. The average molecular weight is 197 g/mol. The topological polar surface area (TPSA) is 28.7 Å². The molecule has 2 nitrogen and oxygen atoms in total. The molecule has 0 aliphatic rings. The third-order valence-electron chi connectivity index (χ3n) is 1.65. The van der Waals surface area contributed by atoms with Crippen molar-refractivity contribution >= 4 is 34.6 Å². The predicted molar refractivity (Wildman–Crippen MR) is 51.9 cm³/mol. The number of fused-ring (bicyclic) bond motifs is 1. The fourth-order valence-corrected chi connectivity index (χ4v) is 1.51. The van der Waals surface area contributed by atoms with Crippen LogP contribution >= 0.6 is 23.8 Å². The molecule has 0 amide bonds. The van der Waals surface area contributed by atoms with Gasteiger partial charge in [-0.3, -0.25) is 5.10 Å². The highest BCUT2D eigenvalue weighted by atomic mass is 35.5. The van der Waals surface area contributed by atoms with Crippen molar-refractivity contribution in [3.63, 3.8) is 0 Å². The summed E-state index contributed by atoms with van der Waals surface area (Å²) in [5, 5.41) is 8.81. The van der Waals surface area contributed by atoms with Crippen LogP contribution in [-0.4, -0.2) is 10.2 Å². The molecule has 0 unspecified atom stereocenters. The molecular weight excluding hydrogens is 192 g/mol. The molecule has 12 heavy (non-hydrogen) atoms. The van der Waals surface area contributed by atoms with Crippen molar-refractivity contribution in [1.82, 2.24) is 10.2 Å². The SMILES string of the molecule is S=c1[nH]nc(Cl)c2ccccc12. The fraction of sp³-hybridized carbons (Fsp3) is 0. The highest BCUT2D eigenvalue weighted by Crippen LogP contribution is 2.19. The highest BCUT2D eigenvalue weighted by Gasteiger charge is 1.99. The zero-order valence-electron chi connectivity index (χ0n) is 6.04. The minimum Gasteiger partial charge on any atom is -0.266 e. The maximum Gasteiger partial charge on any atom is 0.157 e. The van der Waals surface area contributed by atoms with Crippen LogP contribution in [0.15, 0.2) is 24.3 Å². The van der Waals surface area contributed by atoms with Crippen molar-refractivity contribution in [1.29, 1.82) is 0 Å². The molecule has 0 saturated heterocycles. The molecule has 2 aromatic rings. The number of H-pyrrole nitrogens is 1. The Morgan fingerprint density at radius 1 is 1.25 bits per heavy atom. The first kappa shape index (κ1) is 7.71. The molecule has 1 aromatic heterocycles. The molecule has 0 fully saturated rings. The van der Waals surface area contributed by atoms with Crippen molar-refractivity contribution in [2.45, 2.75) is 0 Å². The van der Waals surface area contributed by atoms with Crippen molar-refractivity contribution in [2.75, 3.05) is 0 Å². The van der Waals surface area contributed by atoms with E-state index < -0.39 is 0 Å². The van der Waals surface area contributed by atoms with Gasteiger partial charge in [-0.25, -0.2) is 0 Å². The van der Waals surface area contributed by atoms with Crippen LogP contribution in [0, 0.1) is 4.64 Å². The van der Waals surface area contributed by atoms with Crippen LogP contribution in [0.3, 0.4) is 0 Å². The lowest BCUT2D eigenvalue weighted by Gasteiger charge is -1.97. The van der Waals surface area contributed by atoms with Crippen molar-refractivity contribution in [3.05, 3.63) is 34.1 Å². The maximum absolute atomic E-state index is 5.84. The number of hydrogen-bond donors (Lipinski definition) is 1. The van der Waals surface area contributed by atoms with Gasteiger partial charge >= 0.3 is 0 Å². The van der Waals surface area contributed by atoms with Gasteiger partial charge < -0.3 is 0 Å². The van der Waals surface area contributed by atoms with Crippen molar-refractivity contribution < 1.29 is 0 Å². The molecule has 60 valence electrons. The first-order chi connectivity index (χ1) is 5.79. The Balaban J connectivity index is 3.05. The van der Waals surface area contributed by atoms with E-state index in [1.165, 1.54) is 0 Å². The van der Waals surface area contributed by atoms with E-state index in [9.17, 15) is 0 Å². The zero-order chi connectivity index (χ0) is 8.55. The monoisotopic (exact) mass is 196 g/mol. The van der Waals surface area contributed by atoms with Gasteiger partial charge in [-0.15, -0.1) is 0 Å². The number of benzene rings is 1. The van der Waals surface area contributed by atoms with Crippen LogP contribution in [0.1, 0.15) is 0 Å². The molecule has 2 rings (SSSR count). The third kappa shape index (κ3) is 1.11. The van der Waals surface area contributed by atoms with Crippen LogP contribution in [-0.2, 0) is 0 Å². The average Bonchev–Trinajstić information content (AvgIpc) is 2.12. The largest absolute Gasteiger partial charge is 0.266 e. The molecule has 0 aliphatic carbocycles. The number of nitrogens with zero attached hydrogens (tertiary/aromatic N) is 1. The second-order valence-electron chi connectivity index (χ2n) is 2.39. The van der Waals surface area contributed by atoms with E-state index in [0.717, 1.165) is 10.8 Å². The van der Waals surface area contributed by atoms with Crippen molar-refractivity contribution in [2.24, 2.45) is 0 Å². The summed E-state index contributed by atoms with van der Waals surface area (Å²) in [6.07, 6.45) is 0. The van der Waals surface area contributed by atoms with Crippen LogP contribution in [0.2, 0.25) is 5.15 Å². The highest BCUT2D eigenvalue weighted by molar-refractivity contribution is 7.71. The summed E-state index contributed by atoms with van der Waals surface area (Å²) in [6.45, 7) is 0. The van der Waals surface area contributed by atoms with Gasteiger partial charge in [0, 0.05) is 10.8 Å². The maximum atomic E-state index is 5.84. The van der Waals surface area contributed by atoms with Gasteiger partial charge in [0.2, 0.25) is 0 Å². The normalized spacial score (nSPS) is 10.4.